The summed E-state index contributed by atoms with van der Waals surface area (Å²) in [7, 11) is 0. The first-order valence-corrected chi connectivity index (χ1v) is 14.7. The van der Waals surface area contributed by atoms with E-state index >= 15 is 0 Å². The van der Waals surface area contributed by atoms with Gasteiger partial charge in [0.05, 0.1) is 30.0 Å². The second kappa shape index (κ2) is 11.2. The molecular formula is C34H38FN5O2. The minimum atomic E-state index is -0.541. The Labute approximate surface area is 246 Å². The van der Waals surface area contributed by atoms with Crippen LogP contribution in [-0.4, -0.2) is 33.1 Å². The molecule has 0 bridgehead atoms. The third kappa shape index (κ3) is 5.71. The van der Waals surface area contributed by atoms with Gasteiger partial charge >= 0.3 is 6.09 Å². The summed E-state index contributed by atoms with van der Waals surface area (Å²) >= 11 is 0. The Kier molecular flexibility index (Phi) is 7.39. The number of anilines is 2. The van der Waals surface area contributed by atoms with Gasteiger partial charge in [0, 0.05) is 17.9 Å². The van der Waals surface area contributed by atoms with Gasteiger partial charge in [-0.15, -0.1) is 0 Å². The lowest BCUT2D eigenvalue weighted by Gasteiger charge is -2.33. The highest BCUT2D eigenvalue weighted by Gasteiger charge is 2.36. The van der Waals surface area contributed by atoms with Crippen LogP contribution in [0.5, 0.6) is 0 Å². The number of nitrogen functional groups attached to an aromatic ring is 1. The first-order chi connectivity index (χ1) is 20.2. The van der Waals surface area contributed by atoms with E-state index in [1.807, 2.05) is 51.2 Å². The molecule has 2 fully saturated rings. The molecule has 0 unspecified atom stereocenters. The maximum Gasteiger partial charge on any atom is 0.410 e. The number of nitrogens with one attached hydrogen (secondary N) is 1. The number of aromatic amines is 1. The molecule has 0 aliphatic carbocycles. The zero-order chi connectivity index (χ0) is 29.4. The molecule has 3 N–H and O–H groups in total. The van der Waals surface area contributed by atoms with Gasteiger partial charge in [0.15, 0.2) is 0 Å². The van der Waals surface area contributed by atoms with E-state index in [0.717, 1.165) is 54.1 Å². The van der Waals surface area contributed by atoms with Crippen LogP contribution in [0.2, 0.25) is 0 Å². The number of hydrogen-bond donors (Lipinski definition) is 2. The van der Waals surface area contributed by atoms with Crippen molar-refractivity contribution in [3.05, 3.63) is 102 Å². The number of imidazole rings is 1. The number of amides is 1. The molecule has 2 saturated heterocycles. The molecule has 42 heavy (non-hydrogen) atoms. The third-order valence-electron chi connectivity index (χ3n) is 8.23. The van der Waals surface area contributed by atoms with Gasteiger partial charge in [-0.2, -0.15) is 0 Å². The van der Waals surface area contributed by atoms with E-state index < -0.39 is 5.60 Å². The standard InChI is InChI=1S/C34H38FN5O2/c1-34(2,3)42-33(41)39-20-4-5-31(39)32-37-21-28(38-32)22-6-8-23(9-7-22)29-18-19-30(24-10-14-26(36)15-11-24)40(29)27-16-12-25(35)13-17-27/h6-17,21,29-31H,4-5,18-20,36H2,1-3H3,(H,37,38)/t29-,30-,31-/m0/s1. The predicted molar refractivity (Wildman–Crippen MR) is 163 cm³/mol. The van der Waals surface area contributed by atoms with Crippen molar-refractivity contribution < 1.29 is 13.9 Å². The van der Waals surface area contributed by atoms with Crippen LogP contribution in [0, 0.1) is 5.82 Å². The highest BCUT2D eigenvalue weighted by Crippen LogP contribution is 2.47. The molecule has 0 spiro atoms. The quantitative estimate of drug-likeness (QED) is 0.239. The molecule has 3 heterocycles. The molecule has 0 saturated carbocycles. The SMILES string of the molecule is CC(C)(C)OC(=O)N1CCC[C@H]1c1ncc(-c2ccc([C@@H]3CC[C@@H](c4ccc(N)cc4)N3c3ccc(F)cc3)cc2)[nH]1. The van der Waals surface area contributed by atoms with Crippen LogP contribution < -0.4 is 10.6 Å². The number of hydrogen-bond acceptors (Lipinski definition) is 5. The molecule has 4 aromatic rings. The first-order valence-electron chi connectivity index (χ1n) is 14.7. The Morgan fingerprint density at radius 3 is 2.14 bits per heavy atom. The lowest BCUT2D eigenvalue weighted by molar-refractivity contribution is 0.0218. The monoisotopic (exact) mass is 567 g/mol. The lowest BCUT2D eigenvalue weighted by Crippen LogP contribution is -2.36. The number of rotatable bonds is 5. The second-order valence-electron chi connectivity index (χ2n) is 12.3. The number of likely N-dealkylation sites (tertiary alicyclic amines) is 1. The van der Waals surface area contributed by atoms with Crippen molar-refractivity contribution in [2.45, 2.75) is 70.2 Å². The average Bonchev–Trinajstić information content (AvgIpc) is 3.73. The minimum absolute atomic E-state index is 0.124. The summed E-state index contributed by atoms with van der Waals surface area (Å²) in [5.41, 5.74) is 11.5. The number of ether oxygens (including phenoxy) is 1. The van der Waals surface area contributed by atoms with Gasteiger partial charge in [-0.05, 0) is 99.5 Å². The van der Waals surface area contributed by atoms with Crippen LogP contribution in [0.15, 0.2) is 79.0 Å². The maximum absolute atomic E-state index is 13.8. The van der Waals surface area contributed by atoms with E-state index in [-0.39, 0.29) is 30.0 Å². The average molecular weight is 568 g/mol. The van der Waals surface area contributed by atoms with Crippen molar-refractivity contribution in [3.8, 4) is 11.3 Å². The Morgan fingerprint density at radius 2 is 1.52 bits per heavy atom. The smallest absolute Gasteiger partial charge is 0.410 e. The van der Waals surface area contributed by atoms with Crippen LogP contribution in [0.1, 0.15) is 81.5 Å². The van der Waals surface area contributed by atoms with E-state index in [9.17, 15) is 9.18 Å². The van der Waals surface area contributed by atoms with Crippen LogP contribution >= 0.6 is 0 Å². The summed E-state index contributed by atoms with van der Waals surface area (Å²) in [5, 5.41) is 0. The number of carbonyl (C=O) groups is 1. The van der Waals surface area contributed by atoms with Crippen molar-refractivity contribution in [3.63, 3.8) is 0 Å². The molecule has 6 rings (SSSR count). The van der Waals surface area contributed by atoms with Gasteiger partial charge in [-0.25, -0.2) is 14.2 Å². The van der Waals surface area contributed by atoms with Crippen molar-refractivity contribution in [2.75, 3.05) is 17.2 Å². The number of halogens is 1. The summed E-state index contributed by atoms with van der Waals surface area (Å²) in [6, 6.07) is 23.6. The normalized spacial score (nSPS) is 20.7. The zero-order valence-corrected chi connectivity index (χ0v) is 24.4. The van der Waals surface area contributed by atoms with Gasteiger partial charge in [0.1, 0.15) is 17.2 Å². The summed E-state index contributed by atoms with van der Waals surface area (Å²) < 4.78 is 19.5. The fraction of sp³-hybridized carbons (Fsp3) is 0.353. The topological polar surface area (TPSA) is 87.5 Å². The number of nitrogens with zero attached hydrogens (tertiary/aromatic N) is 3. The molecule has 1 aromatic heterocycles. The van der Waals surface area contributed by atoms with E-state index in [1.54, 1.807) is 4.90 Å². The Bertz CT molecular complexity index is 1530. The predicted octanol–water partition coefficient (Wildman–Crippen LogP) is 7.95. The molecule has 2 aliphatic rings. The van der Waals surface area contributed by atoms with Gasteiger partial charge < -0.3 is 20.4 Å². The summed E-state index contributed by atoms with van der Waals surface area (Å²) in [6.45, 7) is 6.31. The van der Waals surface area contributed by atoms with Gasteiger partial charge in [-0.3, -0.25) is 4.90 Å². The van der Waals surface area contributed by atoms with Gasteiger partial charge in [0.25, 0.3) is 0 Å². The highest BCUT2D eigenvalue weighted by molar-refractivity contribution is 5.69. The second-order valence-corrected chi connectivity index (χ2v) is 12.3. The fourth-order valence-corrected chi connectivity index (χ4v) is 6.28. The maximum atomic E-state index is 13.8. The molecule has 7 nitrogen and oxygen atoms in total. The van der Waals surface area contributed by atoms with E-state index in [1.165, 1.54) is 23.3 Å². The van der Waals surface area contributed by atoms with Crippen molar-refractivity contribution >= 4 is 17.5 Å². The fourth-order valence-electron chi connectivity index (χ4n) is 6.28. The largest absolute Gasteiger partial charge is 0.444 e. The number of nitrogens with two attached hydrogens (primary N) is 1. The molecule has 1 amide bonds. The van der Waals surface area contributed by atoms with Crippen LogP contribution in [0.4, 0.5) is 20.6 Å². The molecule has 8 heteroatoms. The molecule has 3 atom stereocenters. The van der Waals surface area contributed by atoms with Crippen molar-refractivity contribution in [1.82, 2.24) is 14.9 Å². The minimum Gasteiger partial charge on any atom is -0.444 e. The summed E-state index contributed by atoms with van der Waals surface area (Å²) in [4.78, 5) is 25.1. The van der Waals surface area contributed by atoms with Crippen molar-refractivity contribution in [2.24, 2.45) is 0 Å². The number of H-pyrrole nitrogens is 1. The Hall–Kier alpha value is -4.33. The van der Waals surface area contributed by atoms with Gasteiger partial charge in [0.2, 0.25) is 0 Å². The summed E-state index contributed by atoms with van der Waals surface area (Å²) in [5.74, 6) is 0.538. The van der Waals surface area contributed by atoms with Gasteiger partial charge in [-0.1, -0.05) is 36.4 Å². The lowest BCUT2D eigenvalue weighted by atomic mass is 10.0. The van der Waals surface area contributed by atoms with E-state index in [4.69, 9.17) is 10.5 Å². The van der Waals surface area contributed by atoms with Crippen LogP contribution in [-0.2, 0) is 4.74 Å². The Balaban J connectivity index is 1.23. The Morgan fingerprint density at radius 1 is 0.905 bits per heavy atom. The molecule has 2 aliphatic heterocycles. The number of benzene rings is 3. The summed E-state index contributed by atoms with van der Waals surface area (Å²) in [6.07, 6.45) is 5.26. The highest BCUT2D eigenvalue weighted by atomic mass is 19.1. The molecule has 0 radical (unpaired) electrons. The third-order valence-corrected chi connectivity index (χ3v) is 8.23. The van der Waals surface area contributed by atoms with Crippen molar-refractivity contribution in [1.29, 1.82) is 0 Å². The number of aromatic nitrogens is 2. The van der Waals surface area contributed by atoms with Crippen LogP contribution in [0.25, 0.3) is 11.3 Å². The van der Waals surface area contributed by atoms with E-state index in [0.29, 0.717) is 6.54 Å². The zero-order valence-electron chi connectivity index (χ0n) is 24.4. The number of carbonyl (C=O) groups excluding carboxylic acids is 1. The first kappa shape index (κ1) is 27.8. The van der Waals surface area contributed by atoms with E-state index in [2.05, 4.69) is 51.3 Å². The molecule has 3 aromatic carbocycles. The molecular weight excluding hydrogens is 529 g/mol. The van der Waals surface area contributed by atoms with Crippen LogP contribution in [0.3, 0.4) is 0 Å². The molecule has 218 valence electrons.